The quantitative estimate of drug-likeness (QED) is 0.382. The Morgan fingerprint density at radius 1 is 1.00 bits per heavy atom. The molecule has 0 amide bonds. The average molecular weight is 370 g/mol. The van der Waals surface area contributed by atoms with Crippen LogP contribution in [0, 0.1) is 5.21 Å². The van der Waals surface area contributed by atoms with Crippen molar-refractivity contribution in [2.24, 2.45) is 0 Å². The molecule has 7 heteroatoms. The fourth-order valence-electron chi connectivity index (χ4n) is 1.98. The van der Waals surface area contributed by atoms with Gasteiger partial charge in [0.2, 0.25) is 0 Å². The van der Waals surface area contributed by atoms with Crippen molar-refractivity contribution in [1.82, 2.24) is 19.6 Å². The Balaban J connectivity index is 0.000000188. The lowest BCUT2D eigenvalue weighted by Crippen LogP contribution is -2.22. The average Bonchev–Trinajstić information content (AvgIpc) is 2.98. The molecule has 0 atom stereocenters. The first-order valence-electron chi connectivity index (χ1n) is 6.78. The van der Waals surface area contributed by atoms with Crippen LogP contribution >= 0.6 is 15.9 Å². The molecule has 0 aromatic carbocycles. The van der Waals surface area contributed by atoms with E-state index in [4.69, 9.17) is 0 Å². The summed E-state index contributed by atoms with van der Waals surface area (Å²) in [7, 11) is 0. The summed E-state index contributed by atoms with van der Waals surface area (Å²) >= 11 is 3.41. The van der Waals surface area contributed by atoms with Gasteiger partial charge in [0.25, 0.3) is 0 Å². The van der Waals surface area contributed by atoms with Crippen molar-refractivity contribution in [3.63, 3.8) is 0 Å². The van der Waals surface area contributed by atoms with E-state index >= 15 is 0 Å². The second-order valence-corrected chi connectivity index (χ2v) is 5.39. The van der Waals surface area contributed by atoms with Crippen LogP contribution in [-0.4, -0.2) is 19.6 Å². The molecule has 0 spiro atoms. The highest BCUT2D eigenvalue weighted by Gasteiger charge is 2.07. The first kappa shape index (κ1) is 15.1. The molecule has 4 aromatic rings. The van der Waals surface area contributed by atoms with Crippen LogP contribution in [0.5, 0.6) is 0 Å². The third kappa shape index (κ3) is 3.51. The molecule has 6 nitrogen and oxygen atoms in total. The molecule has 0 fully saturated rings. The molecule has 0 aliphatic heterocycles. The van der Waals surface area contributed by atoms with E-state index in [2.05, 4.69) is 31.0 Å². The summed E-state index contributed by atoms with van der Waals surface area (Å²) in [6.07, 6.45) is 9.96. The largest absolute Gasteiger partial charge is 0.619 e. The third-order valence-corrected chi connectivity index (χ3v) is 3.56. The van der Waals surface area contributed by atoms with E-state index in [1.54, 1.807) is 41.3 Å². The van der Waals surface area contributed by atoms with Gasteiger partial charge in [-0.05, 0) is 34.1 Å². The molecular formula is C16H12BrN5O. The smallest absolute Gasteiger partial charge is 0.180 e. The Kier molecular flexibility index (Phi) is 4.58. The van der Waals surface area contributed by atoms with Gasteiger partial charge < -0.3 is 5.21 Å². The Morgan fingerprint density at radius 3 is 2.48 bits per heavy atom. The van der Waals surface area contributed by atoms with Crippen molar-refractivity contribution in [2.75, 3.05) is 0 Å². The van der Waals surface area contributed by atoms with Crippen LogP contribution in [0.4, 0.5) is 0 Å². The number of fused-ring (bicyclic) bond motifs is 1. The molecular weight excluding hydrogens is 358 g/mol. The first-order chi connectivity index (χ1) is 11.3. The van der Waals surface area contributed by atoms with Crippen molar-refractivity contribution in [1.29, 1.82) is 0 Å². The van der Waals surface area contributed by atoms with Gasteiger partial charge in [-0.3, -0.25) is 4.98 Å². The molecule has 0 saturated carbocycles. The van der Waals surface area contributed by atoms with Crippen molar-refractivity contribution >= 4 is 21.6 Å². The van der Waals surface area contributed by atoms with Gasteiger partial charge in [-0.2, -0.15) is 9.83 Å². The Hall–Kier alpha value is -2.80. The molecule has 4 aromatic heterocycles. The normalized spacial score (nSPS) is 10.1. The highest BCUT2D eigenvalue weighted by Crippen LogP contribution is 2.22. The summed E-state index contributed by atoms with van der Waals surface area (Å²) in [6.45, 7) is 0. The molecule has 4 rings (SSSR count). The maximum Gasteiger partial charge on any atom is 0.180 e. The monoisotopic (exact) mass is 369 g/mol. The second-order valence-electron chi connectivity index (χ2n) is 4.54. The van der Waals surface area contributed by atoms with Gasteiger partial charge in [-0.25, -0.2) is 9.50 Å². The molecule has 114 valence electrons. The Labute approximate surface area is 140 Å². The molecule has 0 aliphatic rings. The van der Waals surface area contributed by atoms with E-state index in [0.717, 1.165) is 26.1 Å². The van der Waals surface area contributed by atoms with Crippen LogP contribution in [0.1, 0.15) is 0 Å². The lowest BCUT2D eigenvalue weighted by atomic mass is 10.2. The summed E-state index contributed by atoms with van der Waals surface area (Å²) in [6, 6.07) is 11.0. The van der Waals surface area contributed by atoms with E-state index in [1.807, 2.05) is 24.4 Å². The van der Waals surface area contributed by atoms with Crippen LogP contribution < -0.4 is 4.73 Å². The van der Waals surface area contributed by atoms with Crippen molar-refractivity contribution < 1.29 is 4.73 Å². The second kappa shape index (κ2) is 6.97. The number of hydrogen-bond acceptors (Lipinski definition) is 4. The van der Waals surface area contributed by atoms with Crippen molar-refractivity contribution in [3.8, 4) is 11.3 Å². The first-order valence-corrected chi connectivity index (χ1v) is 7.57. The summed E-state index contributed by atoms with van der Waals surface area (Å²) in [4.78, 5) is 8.36. The van der Waals surface area contributed by atoms with E-state index < -0.39 is 0 Å². The van der Waals surface area contributed by atoms with Crippen LogP contribution in [0.2, 0.25) is 0 Å². The molecule has 23 heavy (non-hydrogen) atoms. The van der Waals surface area contributed by atoms with Gasteiger partial charge in [0.05, 0.1) is 16.4 Å². The number of rotatable bonds is 1. The zero-order valence-electron chi connectivity index (χ0n) is 12.0. The summed E-state index contributed by atoms with van der Waals surface area (Å²) in [5.41, 5.74) is 2.80. The van der Waals surface area contributed by atoms with E-state index in [1.165, 1.54) is 12.4 Å². The number of nitrogens with zero attached hydrogens (tertiary/aromatic N) is 5. The van der Waals surface area contributed by atoms with Crippen molar-refractivity contribution in [3.05, 3.63) is 83.3 Å². The fourth-order valence-corrected chi connectivity index (χ4v) is 2.34. The minimum Gasteiger partial charge on any atom is -0.619 e. The molecule has 0 unspecified atom stereocenters. The van der Waals surface area contributed by atoms with Gasteiger partial charge in [0.1, 0.15) is 0 Å². The van der Waals surface area contributed by atoms with Gasteiger partial charge in [0, 0.05) is 36.3 Å². The van der Waals surface area contributed by atoms with Gasteiger partial charge in [-0.1, -0.05) is 6.07 Å². The summed E-state index contributed by atoms with van der Waals surface area (Å²) < 4.78 is 3.43. The predicted molar refractivity (Wildman–Crippen MR) is 89.3 cm³/mol. The van der Waals surface area contributed by atoms with Gasteiger partial charge in [0.15, 0.2) is 18.0 Å². The minimum absolute atomic E-state index is 0.750. The third-order valence-electron chi connectivity index (χ3n) is 3.00. The number of pyridine rings is 2. The zero-order valence-corrected chi connectivity index (χ0v) is 13.5. The lowest BCUT2D eigenvalue weighted by Gasteiger charge is -2.03. The van der Waals surface area contributed by atoms with Gasteiger partial charge >= 0.3 is 0 Å². The summed E-state index contributed by atoms with van der Waals surface area (Å²) in [5.74, 6) is 0. The minimum atomic E-state index is 0.750. The predicted octanol–water partition coefficient (Wildman–Crippen LogP) is 2.87. The molecule has 0 aliphatic carbocycles. The van der Waals surface area contributed by atoms with Crippen LogP contribution in [0.15, 0.2) is 78.1 Å². The fraction of sp³-hybridized carbons (Fsp3) is 0. The number of aromatic nitrogens is 5. The SMILES string of the molecule is Brc1cnn2c(-c3cccnc3)ccnc12.[O-][n+]1ccccc1. The Morgan fingerprint density at radius 2 is 1.83 bits per heavy atom. The van der Waals surface area contributed by atoms with E-state index in [-0.39, 0.29) is 0 Å². The molecule has 0 radical (unpaired) electrons. The summed E-state index contributed by atoms with van der Waals surface area (Å²) in [5, 5.41) is 14.5. The van der Waals surface area contributed by atoms with E-state index in [9.17, 15) is 5.21 Å². The standard InChI is InChI=1S/C11H7BrN4.C5H5NO/c12-9-7-15-16-10(3-5-14-11(9)16)8-2-1-4-13-6-8;7-6-4-2-1-3-5-6/h1-7H;1-5H. The maximum absolute atomic E-state index is 10.2. The van der Waals surface area contributed by atoms with E-state index in [0.29, 0.717) is 0 Å². The number of hydrogen-bond donors (Lipinski definition) is 0. The van der Waals surface area contributed by atoms with Crippen molar-refractivity contribution in [2.45, 2.75) is 0 Å². The molecule has 4 heterocycles. The maximum atomic E-state index is 10.2. The highest BCUT2D eigenvalue weighted by molar-refractivity contribution is 9.10. The van der Waals surface area contributed by atoms with Crippen LogP contribution in [-0.2, 0) is 0 Å². The molecule has 0 saturated heterocycles. The van der Waals surface area contributed by atoms with Gasteiger partial charge in [-0.15, -0.1) is 0 Å². The van der Waals surface area contributed by atoms with Crippen LogP contribution in [0.3, 0.4) is 0 Å². The highest BCUT2D eigenvalue weighted by atomic mass is 79.9. The Bertz CT molecular complexity index is 896. The lowest BCUT2D eigenvalue weighted by molar-refractivity contribution is -0.605. The number of halogens is 1. The zero-order chi connectivity index (χ0) is 16.1. The van der Waals surface area contributed by atoms with Crippen LogP contribution in [0.25, 0.3) is 16.9 Å². The topological polar surface area (TPSA) is 70.0 Å². The molecule has 0 N–H and O–H groups in total. The molecule has 0 bridgehead atoms.